The molecule has 1 aromatic rings. The maximum absolute atomic E-state index is 13.3. The highest BCUT2D eigenvalue weighted by atomic mass is 19.1. The molecular weight excluding hydrogens is 201 g/mol. The van der Waals surface area contributed by atoms with Crippen LogP contribution in [-0.4, -0.2) is 6.54 Å². The lowest BCUT2D eigenvalue weighted by atomic mass is 9.95. The van der Waals surface area contributed by atoms with Gasteiger partial charge in [0.25, 0.3) is 0 Å². The third-order valence-corrected chi connectivity index (χ3v) is 4.13. The number of hydrogen-bond donors (Lipinski definition) is 1. The first-order valence-corrected chi connectivity index (χ1v) is 6.29. The molecule has 2 aliphatic rings. The highest BCUT2D eigenvalue weighted by molar-refractivity contribution is 5.40. The topological polar surface area (TPSA) is 26.0 Å². The number of nitrogens with two attached hydrogens (primary N) is 1. The fourth-order valence-electron chi connectivity index (χ4n) is 3.22. The van der Waals surface area contributed by atoms with Crippen LogP contribution in [0.2, 0.25) is 0 Å². The number of halogens is 1. The predicted molar refractivity (Wildman–Crippen MR) is 62.9 cm³/mol. The minimum Gasteiger partial charge on any atom is -0.330 e. The highest BCUT2D eigenvalue weighted by Crippen LogP contribution is 2.53. The van der Waals surface area contributed by atoms with Crippen LogP contribution in [0, 0.1) is 11.7 Å². The Morgan fingerprint density at radius 2 is 2.06 bits per heavy atom. The number of rotatable bonds is 3. The Balaban J connectivity index is 1.95. The molecule has 1 saturated carbocycles. The fourth-order valence-corrected chi connectivity index (χ4v) is 3.22. The molecular formula is C14H18FN. The lowest BCUT2D eigenvalue weighted by Crippen LogP contribution is -2.05. The second kappa shape index (κ2) is 3.85. The minimum absolute atomic E-state index is 0.0854. The van der Waals surface area contributed by atoms with E-state index in [-0.39, 0.29) is 5.82 Å². The summed E-state index contributed by atoms with van der Waals surface area (Å²) in [5, 5.41) is 0. The molecule has 16 heavy (non-hydrogen) atoms. The van der Waals surface area contributed by atoms with Crippen LogP contribution in [0.5, 0.6) is 0 Å². The van der Waals surface area contributed by atoms with Crippen LogP contribution >= 0.6 is 0 Å². The third kappa shape index (κ3) is 1.65. The molecule has 0 bridgehead atoms. The van der Waals surface area contributed by atoms with Crippen molar-refractivity contribution in [3.63, 3.8) is 0 Å². The lowest BCUT2D eigenvalue weighted by Gasteiger charge is -2.10. The first-order valence-electron chi connectivity index (χ1n) is 6.29. The van der Waals surface area contributed by atoms with Crippen LogP contribution in [0.3, 0.4) is 0 Å². The number of hydrogen-bond acceptors (Lipinski definition) is 1. The van der Waals surface area contributed by atoms with Gasteiger partial charge in [-0.15, -0.1) is 0 Å². The lowest BCUT2D eigenvalue weighted by molar-refractivity contribution is 0.522. The Morgan fingerprint density at radius 1 is 1.25 bits per heavy atom. The van der Waals surface area contributed by atoms with Gasteiger partial charge in [0.2, 0.25) is 0 Å². The Hall–Kier alpha value is -0.890. The Labute approximate surface area is 95.8 Å². The van der Waals surface area contributed by atoms with Gasteiger partial charge in [-0.3, -0.25) is 0 Å². The van der Waals surface area contributed by atoms with Crippen molar-refractivity contribution in [2.45, 2.75) is 37.5 Å². The van der Waals surface area contributed by atoms with Crippen molar-refractivity contribution in [2.75, 3.05) is 6.54 Å². The number of fused-ring (bicyclic) bond motifs is 1. The Kier molecular flexibility index (Phi) is 2.47. The van der Waals surface area contributed by atoms with Crippen molar-refractivity contribution in [3.05, 3.63) is 35.1 Å². The SMILES string of the molecule is NCCC1CC(C2CC2)c2cc(F)ccc21. The molecule has 0 spiro atoms. The summed E-state index contributed by atoms with van der Waals surface area (Å²) in [6.07, 6.45) is 4.90. The van der Waals surface area contributed by atoms with Crippen molar-refractivity contribution in [1.29, 1.82) is 0 Å². The van der Waals surface area contributed by atoms with E-state index in [2.05, 4.69) is 0 Å². The molecule has 0 aromatic heterocycles. The first-order chi connectivity index (χ1) is 7.79. The zero-order chi connectivity index (χ0) is 11.1. The summed E-state index contributed by atoms with van der Waals surface area (Å²) in [6, 6.07) is 5.33. The molecule has 2 atom stereocenters. The molecule has 0 radical (unpaired) electrons. The van der Waals surface area contributed by atoms with Gasteiger partial charge in [0.15, 0.2) is 0 Å². The summed E-state index contributed by atoms with van der Waals surface area (Å²) in [6.45, 7) is 0.735. The van der Waals surface area contributed by atoms with E-state index in [1.165, 1.54) is 30.4 Å². The summed E-state index contributed by atoms with van der Waals surface area (Å²) >= 11 is 0. The van der Waals surface area contributed by atoms with Crippen LogP contribution in [0.25, 0.3) is 0 Å². The zero-order valence-corrected chi connectivity index (χ0v) is 9.45. The van der Waals surface area contributed by atoms with E-state index in [9.17, 15) is 4.39 Å². The molecule has 1 fully saturated rings. The minimum atomic E-state index is -0.0854. The molecule has 0 amide bonds. The molecule has 0 heterocycles. The van der Waals surface area contributed by atoms with Crippen molar-refractivity contribution in [1.82, 2.24) is 0 Å². The Morgan fingerprint density at radius 3 is 2.75 bits per heavy atom. The molecule has 3 rings (SSSR count). The molecule has 0 saturated heterocycles. The maximum atomic E-state index is 13.3. The van der Waals surface area contributed by atoms with Gasteiger partial charge in [-0.2, -0.15) is 0 Å². The molecule has 86 valence electrons. The Bertz CT molecular complexity index is 398. The zero-order valence-electron chi connectivity index (χ0n) is 9.45. The van der Waals surface area contributed by atoms with Crippen LogP contribution in [0.4, 0.5) is 4.39 Å². The van der Waals surface area contributed by atoms with E-state index < -0.39 is 0 Å². The van der Waals surface area contributed by atoms with Crippen molar-refractivity contribution < 1.29 is 4.39 Å². The molecule has 2 unspecified atom stereocenters. The van der Waals surface area contributed by atoms with Crippen LogP contribution in [0.15, 0.2) is 18.2 Å². The fraction of sp³-hybridized carbons (Fsp3) is 0.571. The van der Waals surface area contributed by atoms with E-state index in [0.29, 0.717) is 11.8 Å². The smallest absolute Gasteiger partial charge is 0.123 e. The third-order valence-electron chi connectivity index (χ3n) is 4.13. The van der Waals surface area contributed by atoms with Crippen molar-refractivity contribution in [2.24, 2.45) is 11.7 Å². The molecule has 2 heteroatoms. The van der Waals surface area contributed by atoms with Crippen molar-refractivity contribution in [3.8, 4) is 0 Å². The van der Waals surface area contributed by atoms with Crippen LogP contribution in [0.1, 0.15) is 48.6 Å². The molecule has 1 aromatic carbocycles. The summed E-state index contributed by atoms with van der Waals surface area (Å²) < 4.78 is 13.3. The van der Waals surface area contributed by atoms with Gasteiger partial charge >= 0.3 is 0 Å². The molecule has 1 nitrogen and oxygen atoms in total. The van der Waals surface area contributed by atoms with Crippen LogP contribution < -0.4 is 5.73 Å². The summed E-state index contributed by atoms with van der Waals surface area (Å²) in [4.78, 5) is 0. The second-order valence-corrected chi connectivity index (χ2v) is 5.23. The standard InChI is InChI=1S/C14H18FN/c15-11-3-4-12-10(5-6-16)7-13(9-1-2-9)14(12)8-11/h3-4,8-10,13H,1-2,5-7,16H2. The average Bonchev–Trinajstić information content (AvgIpc) is 3.04. The largest absolute Gasteiger partial charge is 0.330 e. The van der Waals surface area contributed by atoms with E-state index in [0.717, 1.165) is 18.9 Å². The van der Waals surface area contributed by atoms with E-state index in [1.807, 2.05) is 6.07 Å². The summed E-state index contributed by atoms with van der Waals surface area (Å²) in [7, 11) is 0. The number of benzene rings is 1. The molecule has 0 aliphatic heterocycles. The maximum Gasteiger partial charge on any atom is 0.123 e. The normalized spacial score (nSPS) is 28.1. The van der Waals surface area contributed by atoms with Gasteiger partial charge in [-0.25, -0.2) is 4.39 Å². The predicted octanol–water partition coefficient (Wildman–Crippen LogP) is 3.16. The first kappa shape index (κ1) is 10.3. The van der Waals surface area contributed by atoms with Gasteiger partial charge in [-0.1, -0.05) is 6.07 Å². The molecule has 2 aliphatic carbocycles. The van der Waals surface area contributed by atoms with Gasteiger partial charge in [0.1, 0.15) is 5.82 Å². The van der Waals surface area contributed by atoms with Gasteiger partial charge < -0.3 is 5.73 Å². The quantitative estimate of drug-likeness (QED) is 0.830. The van der Waals surface area contributed by atoms with Crippen molar-refractivity contribution >= 4 is 0 Å². The van der Waals surface area contributed by atoms with E-state index in [4.69, 9.17) is 5.73 Å². The monoisotopic (exact) mass is 219 g/mol. The summed E-state index contributed by atoms with van der Waals surface area (Å²) in [5.41, 5.74) is 8.30. The second-order valence-electron chi connectivity index (χ2n) is 5.23. The van der Waals surface area contributed by atoms with Gasteiger partial charge in [-0.05, 0) is 73.2 Å². The molecule has 2 N–H and O–H groups in total. The van der Waals surface area contributed by atoms with Gasteiger partial charge in [0.05, 0.1) is 0 Å². The van der Waals surface area contributed by atoms with Gasteiger partial charge in [0, 0.05) is 0 Å². The summed E-state index contributed by atoms with van der Waals surface area (Å²) in [5.74, 6) is 1.93. The van der Waals surface area contributed by atoms with E-state index in [1.54, 1.807) is 12.1 Å². The highest BCUT2D eigenvalue weighted by Gasteiger charge is 2.40. The van der Waals surface area contributed by atoms with Crippen LogP contribution in [-0.2, 0) is 0 Å². The average molecular weight is 219 g/mol. The van der Waals surface area contributed by atoms with E-state index >= 15 is 0 Å².